The van der Waals surface area contributed by atoms with Crippen molar-refractivity contribution in [2.45, 2.75) is 6.18 Å². The summed E-state index contributed by atoms with van der Waals surface area (Å²) in [6.45, 7) is 3.56. The Morgan fingerprint density at radius 3 is 2.54 bits per heavy atom. The van der Waals surface area contributed by atoms with Crippen LogP contribution in [0.4, 0.5) is 24.9 Å². The maximum atomic E-state index is 10.6. The van der Waals surface area contributed by atoms with Crippen LogP contribution in [-0.4, -0.2) is 53.4 Å². The van der Waals surface area contributed by atoms with Gasteiger partial charge < -0.3 is 25.5 Å². The summed E-state index contributed by atoms with van der Waals surface area (Å²) in [4.78, 5) is 19.8. The van der Waals surface area contributed by atoms with Gasteiger partial charge in [-0.1, -0.05) is 11.6 Å². The van der Waals surface area contributed by atoms with Gasteiger partial charge in [-0.15, -0.1) is 0 Å². The molecule has 1 fully saturated rings. The summed E-state index contributed by atoms with van der Waals surface area (Å²) < 4.78 is 37.7. The van der Waals surface area contributed by atoms with Gasteiger partial charge in [0.15, 0.2) is 11.4 Å². The molecule has 0 bridgehead atoms. The lowest BCUT2D eigenvalue weighted by atomic mass is 10.2. The summed E-state index contributed by atoms with van der Waals surface area (Å²) in [5.74, 6) is -1.75. The zero-order valence-corrected chi connectivity index (χ0v) is 15.0. The van der Waals surface area contributed by atoms with Crippen molar-refractivity contribution in [3.05, 3.63) is 23.2 Å². The van der Waals surface area contributed by atoms with Crippen LogP contribution in [0.15, 0.2) is 22.6 Å². The van der Waals surface area contributed by atoms with Crippen LogP contribution in [0.2, 0.25) is 5.02 Å². The van der Waals surface area contributed by atoms with Crippen molar-refractivity contribution >= 4 is 51.4 Å². The van der Waals surface area contributed by atoms with E-state index in [2.05, 4.69) is 20.2 Å². The first-order chi connectivity index (χ1) is 13.2. The van der Waals surface area contributed by atoms with E-state index in [0.717, 1.165) is 43.0 Å². The topological polar surface area (TPSA) is 118 Å². The Bertz CT molecular complexity index is 1020. The Balaban J connectivity index is 0.000000279. The molecule has 12 heteroatoms. The minimum Gasteiger partial charge on any atom is -0.475 e. The number of hydrogen-bond acceptors (Lipinski definition) is 7. The van der Waals surface area contributed by atoms with Crippen molar-refractivity contribution in [1.29, 1.82) is 0 Å². The van der Waals surface area contributed by atoms with Crippen molar-refractivity contribution in [3.63, 3.8) is 0 Å². The van der Waals surface area contributed by atoms with Crippen molar-refractivity contribution in [3.8, 4) is 0 Å². The van der Waals surface area contributed by atoms with Crippen LogP contribution in [0.1, 0.15) is 0 Å². The summed E-state index contributed by atoms with van der Waals surface area (Å²) >= 11 is 6.07. The molecule has 0 aliphatic carbocycles. The molecule has 1 aromatic carbocycles. The minimum absolute atomic E-state index is 0.249. The van der Waals surface area contributed by atoms with Gasteiger partial charge in [-0.3, -0.25) is 0 Å². The maximum absolute atomic E-state index is 10.6. The standard InChI is InChI=1S/C14H14ClN5O.C2HF3O2/c15-8-1-2-10-9(7-8)11-12(21-10)13(19-14(16)18-11)20-5-3-17-4-6-20;3-2(4,5)1(6)7/h1-2,7,17H,3-6H2,(H2,16,18,19);(H,6,7). The highest BCUT2D eigenvalue weighted by atomic mass is 35.5. The zero-order chi connectivity index (χ0) is 20.5. The fourth-order valence-corrected chi connectivity index (χ4v) is 2.88. The third-order valence-corrected chi connectivity index (χ3v) is 4.17. The molecule has 0 atom stereocenters. The van der Waals surface area contributed by atoms with E-state index in [9.17, 15) is 13.2 Å². The molecule has 8 nitrogen and oxygen atoms in total. The fourth-order valence-electron chi connectivity index (χ4n) is 2.71. The first-order valence-electron chi connectivity index (χ1n) is 8.08. The second-order valence-electron chi connectivity index (χ2n) is 5.87. The number of alkyl halides is 3. The molecule has 4 N–H and O–H groups in total. The Kier molecular flexibility index (Phi) is 5.47. The number of aliphatic carboxylic acids is 1. The van der Waals surface area contributed by atoms with Crippen molar-refractivity contribution < 1.29 is 27.5 Å². The molecule has 1 aliphatic heterocycles. The summed E-state index contributed by atoms with van der Waals surface area (Å²) in [7, 11) is 0. The number of hydrogen-bond donors (Lipinski definition) is 3. The molecule has 0 unspecified atom stereocenters. The summed E-state index contributed by atoms with van der Waals surface area (Å²) in [5.41, 5.74) is 8.01. The SMILES string of the molecule is Nc1nc(N2CCNCC2)c2oc3ccc(Cl)cc3c2n1.O=C(O)C(F)(F)F. The van der Waals surface area contributed by atoms with Crippen LogP contribution in [-0.2, 0) is 4.79 Å². The second-order valence-corrected chi connectivity index (χ2v) is 6.30. The number of carboxylic acids is 1. The van der Waals surface area contributed by atoms with E-state index in [1.165, 1.54) is 0 Å². The zero-order valence-electron chi connectivity index (χ0n) is 14.3. The molecular weight excluding hydrogens is 403 g/mol. The number of aromatic nitrogens is 2. The van der Waals surface area contributed by atoms with Crippen molar-refractivity contribution in [1.82, 2.24) is 15.3 Å². The normalized spacial score (nSPS) is 14.8. The molecule has 28 heavy (non-hydrogen) atoms. The number of carboxylic acid groups (broad SMARTS) is 1. The number of nitrogens with zero attached hydrogens (tertiary/aromatic N) is 3. The first-order valence-corrected chi connectivity index (χ1v) is 8.45. The molecule has 0 saturated carbocycles. The number of furan rings is 1. The number of fused-ring (bicyclic) bond motifs is 3. The van der Waals surface area contributed by atoms with Gasteiger partial charge >= 0.3 is 12.1 Å². The van der Waals surface area contributed by atoms with Gasteiger partial charge in [0.25, 0.3) is 0 Å². The Labute approximate surface area is 161 Å². The quantitative estimate of drug-likeness (QED) is 0.553. The molecule has 0 amide bonds. The number of carbonyl (C=O) groups is 1. The van der Waals surface area contributed by atoms with E-state index in [-0.39, 0.29) is 5.95 Å². The predicted octanol–water partition coefficient (Wildman–Crippen LogP) is 2.65. The molecule has 0 radical (unpaired) electrons. The van der Waals surface area contributed by atoms with E-state index < -0.39 is 12.1 Å². The van der Waals surface area contributed by atoms with Gasteiger partial charge in [0.2, 0.25) is 5.95 Å². The average molecular weight is 418 g/mol. The molecule has 4 rings (SSSR count). The van der Waals surface area contributed by atoms with Crippen molar-refractivity contribution in [2.75, 3.05) is 36.8 Å². The average Bonchev–Trinajstić information content (AvgIpc) is 2.99. The third-order valence-electron chi connectivity index (χ3n) is 3.93. The highest BCUT2D eigenvalue weighted by Gasteiger charge is 2.38. The van der Waals surface area contributed by atoms with Gasteiger partial charge in [0.1, 0.15) is 11.1 Å². The Morgan fingerprint density at radius 2 is 1.93 bits per heavy atom. The lowest BCUT2D eigenvalue weighted by molar-refractivity contribution is -0.192. The molecule has 2 aromatic heterocycles. The number of anilines is 2. The van der Waals surface area contributed by atoms with E-state index >= 15 is 0 Å². The predicted molar refractivity (Wildman–Crippen MR) is 97.5 cm³/mol. The first kappa shape index (κ1) is 20.0. The largest absolute Gasteiger partial charge is 0.490 e. The monoisotopic (exact) mass is 417 g/mol. The molecule has 3 aromatic rings. The Hall–Kier alpha value is -2.79. The van der Waals surface area contributed by atoms with Crippen LogP contribution in [0, 0.1) is 0 Å². The summed E-state index contributed by atoms with van der Waals surface area (Å²) in [6.07, 6.45) is -5.08. The number of benzene rings is 1. The molecule has 1 aliphatic rings. The molecule has 3 heterocycles. The third kappa shape index (κ3) is 4.20. The van der Waals surface area contributed by atoms with Crippen LogP contribution >= 0.6 is 11.6 Å². The summed E-state index contributed by atoms with van der Waals surface area (Å²) in [5, 5.41) is 12.0. The number of nitrogens with two attached hydrogens (primary N) is 1. The number of nitrogen functional groups attached to an aromatic ring is 1. The molecule has 150 valence electrons. The van der Waals surface area contributed by atoms with E-state index in [1.807, 2.05) is 12.1 Å². The second kappa shape index (κ2) is 7.68. The lowest BCUT2D eigenvalue weighted by Gasteiger charge is -2.28. The highest BCUT2D eigenvalue weighted by Crippen LogP contribution is 2.34. The lowest BCUT2D eigenvalue weighted by Crippen LogP contribution is -2.44. The van der Waals surface area contributed by atoms with Gasteiger partial charge in [-0.05, 0) is 18.2 Å². The van der Waals surface area contributed by atoms with Crippen LogP contribution in [0.5, 0.6) is 0 Å². The van der Waals surface area contributed by atoms with Gasteiger partial charge in [0.05, 0.1) is 0 Å². The van der Waals surface area contributed by atoms with Crippen molar-refractivity contribution in [2.24, 2.45) is 0 Å². The van der Waals surface area contributed by atoms with Crippen LogP contribution in [0.25, 0.3) is 22.1 Å². The Morgan fingerprint density at radius 1 is 1.29 bits per heavy atom. The van der Waals surface area contributed by atoms with Gasteiger partial charge in [-0.25, -0.2) is 9.78 Å². The number of nitrogens with one attached hydrogen (secondary N) is 1. The van der Waals surface area contributed by atoms with Gasteiger partial charge in [0, 0.05) is 36.6 Å². The number of halogens is 4. The van der Waals surface area contributed by atoms with E-state index in [4.69, 9.17) is 31.7 Å². The summed E-state index contributed by atoms with van der Waals surface area (Å²) in [6, 6.07) is 5.49. The molecule has 0 spiro atoms. The van der Waals surface area contributed by atoms with E-state index in [0.29, 0.717) is 16.1 Å². The molecular formula is C16H15ClF3N5O3. The number of piperazine rings is 1. The van der Waals surface area contributed by atoms with Gasteiger partial charge in [-0.2, -0.15) is 18.2 Å². The maximum Gasteiger partial charge on any atom is 0.490 e. The highest BCUT2D eigenvalue weighted by molar-refractivity contribution is 6.31. The van der Waals surface area contributed by atoms with Crippen LogP contribution in [0.3, 0.4) is 0 Å². The van der Waals surface area contributed by atoms with E-state index in [1.54, 1.807) is 6.07 Å². The smallest absolute Gasteiger partial charge is 0.475 e. The van der Waals surface area contributed by atoms with Crippen LogP contribution < -0.4 is 16.0 Å². The molecule has 1 saturated heterocycles. The number of rotatable bonds is 1. The fraction of sp³-hybridized carbons (Fsp3) is 0.312. The minimum atomic E-state index is -5.08.